The van der Waals surface area contributed by atoms with Crippen LogP contribution in [0.1, 0.15) is 20.8 Å². The summed E-state index contributed by atoms with van der Waals surface area (Å²) in [6.07, 6.45) is 0. The highest BCUT2D eigenvalue weighted by atomic mass is 31.2. The normalized spacial score (nSPS) is 13.6. The van der Waals surface area contributed by atoms with E-state index in [0.29, 0.717) is 0 Å². The van der Waals surface area contributed by atoms with Gasteiger partial charge in [-0.1, -0.05) is 0 Å². The summed E-state index contributed by atoms with van der Waals surface area (Å²) in [4.78, 5) is 10.6. The maximum Gasteiger partial charge on any atom is 0.370 e. The molecule has 7 heteroatoms. The predicted molar refractivity (Wildman–Crippen MR) is 52.4 cm³/mol. The van der Waals surface area contributed by atoms with E-state index in [1.165, 1.54) is 6.92 Å². The van der Waals surface area contributed by atoms with Gasteiger partial charge in [0.25, 0.3) is 0 Å². The van der Waals surface area contributed by atoms with Crippen LogP contribution < -0.4 is 0 Å². The van der Waals surface area contributed by atoms with E-state index in [1.807, 2.05) is 0 Å². The summed E-state index contributed by atoms with van der Waals surface area (Å²) in [6.45, 7) is 3.68. The number of carbonyl (C=O) groups is 1. The molecule has 0 aromatic rings. The Morgan fingerprint density at radius 3 is 2.13 bits per heavy atom. The third-order valence-corrected chi connectivity index (χ3v) is 3.71. The first-order valence-corrected chi connectivity index (χ1v) is 6.25. The first-order valence-electron chi connectivity index (χ1n) is 4.64. The molecule has 0 heterocycles. The van der Waals surface area contributed by atoms with Crippen LogP contribution in [0.2, 0.25) is 0 Å². The zero-order valence-corrected chi connectivity index (χ0v) is 9.96. The topological polar surface area (TPSA) is 61.8 Å². The van der Waals surface area contributed by atoms with Gasteiger partial charge in [-0.15, -0.1) is 0 Å². The van der Waals surface area contributed by atoms with Crippen LogP contribution in [0.15, 0.2) is 0 Å². The van der Waals surface area contributed by atoms with Crippen molar-refractivity contribution >= 4 is 13.6 Å². The van der Waals surface area contributed by atoms with Gasteiger partial charge in [-0.2, -0.15) is 0 Å². The highest BCUT2D eigenvalue weighted by Crippen LogP contribution is 2.53. The number of rotatable bonds is 7. The molecular formula is C8H16FO5P. The Kier molecular flexibility index (Phi) is 6.72. The van der Waals surface area contributed by atoms with Crippen LogP contribution in [0.5, 0.6) is 0 Å². The van der Waals surface area contributed by atoms with Gasteiger partial charge in [0.1, 0.15) is 0 Å². The van der Waals surface area contributed by atoms with Crippen molar-refractivity contribution in [3.05, 3.63) is 0 Å². The zero-order valence-electron chi connectivity index (χ0n) is 9.07. The maximum absolute atomic E-state index is 11.9. The minimum absolute atomic E-state index is 0.162. The van der Waals surface area contributed by atoms with Crippen LogP contribution in [-0.2, 0) is 23.1 Å². The standard InChI is InChI=1S/C8H16FO5P/c1-4-12-15(11,13-5-2)7(3)14-8(10)6-9/h7H,4-6H2,1-3H3. The minimum Gasteiger partial charge on any atom is -0.448 e. The van der Waals surface area contributed by atoms with E-state index in [-0.39, 0.29) is 13.2 Å². The molecule has 90 valence electrons. The fourth-order valence-corrected chi connectivity index (χ4v) is 2.35. The van der Waals surface area contributed by atoms with Gasteiger partial charge in [-0.3, -0.25) is 4.57 Å². The fraction of sp³-hybridized carbons (Fsp3) is 0.875. The number of hydrogen-bond acceptors (Lipinski definition) is 5. The van der Waals surface area contributed by atoms with Gasteiger partial charge in [0.15, 0.2) is 12.5 Å². The van der Waals surface area contributed by atoms with Gasteiger partial charge in [-0.25, -0.2) is 9.18 Å². The number of ether oxygens (including phenoxy) is 1. The summed E-state index contributed by atoms with van der Waals surface area (Å²) in [7, 11) is -3.49. The summed E-state index contributed by atoms with van der Waals surface area (Å²) in [5, 5.41) is 0. The van der Waals surface area contributed by atoms with E-state index in [9.17, 15) is 13.8 Å². The van der Waals surface area contributed by atoms with Crippen molar-refractivity contribution < 1.29 is 27.5 Å². The number of carbonyl (C=O) groups excluding carboxylic acids is 1. The minimum atomic E-state index is -3.49. The third-order valence-electron chi connectivity index (χ3n) is 1.47. The monoisotopic (exact) mass is 242 g/mol. The molecule has 0 aromatic heterocycles. The molecule has 5 nitrogen and oxygen atoms in total. The Morgan fingerprint density at radius 1 is 1.33 bits per heavy atom. The first-order chi connectivity index (χ1) is 7.00. The lowest BCUT2D eigenvalue weighted by molar-refractivity contribution is -0.146. The lowest BCUT2D eigenvalue weighted by Gasteiger charge is -2.22. The van der Waals surface area contributed by atoms with Gasteiger partial charge >= 0.3 is 13.6 Å². The molecular weight excluding hydrogens is 226 g/mol. The van der Waals surface area contributed by atoms with Crippen LogP contribution in [0.3, 0.4) is 0 Å². The van der Waals surface area contributed by atoms with E-state index in [0.717, 1.165) is 0 Å². The molecule has 0 aromatic carbocycles. The van der Waals surface area contributed by atoms with Crippen molar-refractivity contribution in [1.82, 2.24) is 0 Å². The van der Waals surface area contributed by atoms with E-state index >= 15 is 0 Å². The molecule has 0 amide bonds. The molecule has 0 N–H and O–H groups in total. The average Bonchev–Trinajstić information content (AvgIpc) is 2.18. The zero-order chi connectivity index (χ0) is 11.9. The molecule has 0 radical (unpaired) electrons. The largest absolute Gasteiger partial charge is 0.448 e. The molecule has 0 aliphatic heterocycles. The lowest BCUT2D eigenvalue weighted by Crippen LogP contribution is -2.19. The summed E-state index contributed by atoms with van der Waals surface area (Å²) in [6, 6.07) is 0. The lowest BCUT2D eigenvalue weighted by atomic mass is 10.7. The van der Waals surface area contributed by atoms with Crippen molar-refractivity contribution in [1.29, 1.82) is 0 Å². The summed E-state index contributed by atoms with van der Waals surface area (Å²) < 4.78 is 38.1. The number of hydrogen-bond donors (Lipinski definition) is 0. The SMILES string of the molecule is CCOP(=O)(OCC)C(C)OC(=O)CF. The maximum atomic E-state index is 11.9. The molecule has 0 saturated heterocycles. The number of esters is 1. The summed E-state index contributed by atoms with van der Waals surface area (Å²) in [5.41, 5.74) is 0. The molecule has 0 aliphatic carbocycles. The second-order valence-corrected chi connectivity index (χ2v) is 4.92. The quantitative estimate of drug-likeness (QED) is 0.505. The second kappa shape index (κ2) is 6.93. The molecule has 1 unspecified atom stereocenters. The first kappa shape index (κ1) is 14.6. The molecule has 1 atom stereocenters. The van der Waals surface area contributed by atoms with E-state index < -0.39 is 26.1 Å². The van der Waals surface area contributed by atoms with Crippen LogP contribution >= 0.6 is 7.60 Å². The van der Waals surface area contributed by atoms with Crippen molar-refractivity contribution in [3.8, 4) is 0 Å². The molecule has 0 aliphatic rings. The number of alkyl halides is 1. The Labute approximate surface area is 88.4 Å². The summed E-state index contributed by atoms with van der Waals surface area (Å²) in [5.74, 6) is -2.18. The third kappa shape index (κ3) is 4.73. The Hall–Kier alpha value is -0.450. The molecule has 0 rings (SSSR count). The average molecular weight is 242 g/mol. The van der Waals surface area contributed by atoms with Gasteiger partial charge in [0, 0.05) is 0 Å². The Balaban J connectivity index is 4.47. The van der Waals surface area contributed by atoms with Gasteiger partial charge in [-0.05, 0) is 20.8 Å². The van der Waals surface area contributed by atoms with Crippen molar-refractivity contribution in [2.45, 2.75) is 26.6 Å². The highest BCUT2D eigenvalue weighted by Gasteiger charge is 2.34. The van der Waals surface area contributed by atoms with Gasteiger partial charge in [0.05, 0.1) is 13.2 Å². The van der Waals surface area contributed by atoms with Crippen LogP contribution in [0.25, 0.3) is 0 Å². The Morgan fingerprint density at radius 2 is 1.80 bits per heavy atom. The van der Waals surface area contributed by atoms with Crippen molar-refractivity contribution in [2.24, 2.45) is 0 Å². The fourth-order valence-electron chi connectivity index (χ4n) is 0.893. The Bertz CT molecular complexity index is 235. The van der Waals surface area contributed by atoms with Gasteiger partial charge in [0.2, 0.25) is 0 Å². The molecule has 15 heavy (non-hydrogen) atoms. The smallest absolute Gasteiger partial charge is 0.370 e. The number of halogens is 1. The molecule has 0 saturated carbocycles. The second-order valence-electron chi connectivity index (χ2n) is 2.60. The molecule has 0 fully saturated rings. The van der Waals surface area contributed by atoms with Gasteiger partial charge < -0.3 is 13.8 Å². The van der Waals surface area contributed by atoms with Crippen LogP contribution in [0, 0.1) is 0 Å². The van der Waals surface area contributed by atoms with Crippen molar-refractivity contribution in [2.75, 3.05) is 19.9 Å². The van der Waals surface area contributed by atoms with Crippen LogP contribution in [0.4, 0.5) is 4.39 Å². The molecule has 0 spiro atoms. The van der Waals surface area contributed by atoms with E-state index in [4.69, 9.17) is 9.05 Å². The predicted octanol–water partition coefficient (Wildman–Crippen LogP) is 2.11. The summed E-state index contributed by atoms with van der Waals surface area (Å²) >= 11 is 0. The van der Waals surface area contributed by atoms with Crippen LogP contribution in [-0.4, -0.2) is 31.7 Å². The van der Waals surface area contributed by atoms with E-state index in [1.54, 1.807) is 13.8 Å². The van der Waals surface area contributed by atoms with E-state index in [2.05, 4.69) is 4.74 Å². The molecule has 0 bridgehead atoms. The highest BCUT2D eigenvalue weighted by molar-refractivity contribution is 7.54. The van der Waals surface area contributed by atoms with Crippen molar-refractivity contribution in [3.63, 3.8) is 0 Å².